The molecule has 2 amide bonds. The number of hydrogen-bond acceptors (Lipinski definition) is 5. The van der Waals surface area contributed by atoms with Gasteiger partial charge in [-0.05, 0) is 62.7 Å². The Bertz CT molecular complexity index is 904. The first-order chi connectivity index (χ1) is 13.9. The average Bonchev–Trinajstić information content (AvgIpc) is 2.68. The van der Waals surface area contributed by atoms with Gasteiger partial charge >= 0.3 is 6.16 Å². The fourth-order valence-corrected chi connectivity index (χ4v) is 2.30. The van der Waals surface area contributed by atoms with Gasteiger partial charge < -0.3 is 20.1 Å². The van der Waals surface area contributed by atoms with Gasteiger partial charge in [0.15, 0.2) is 0 Å². The second kappa shape index (κ2) is 10.7. The number of carbonyl (C=O) groups excluding carboxylic acids is 3. The van der Waals surface area contributed by atoms with Gasteiger partial charge in [0.25, 0.3) is 5.91 Å². The summed E-state index contributed by atoms with van der Waals surface area (Å²) in [5, 5.41) is 5.54. The fraction of sp³-hybridized carbons (Fsp3) is 0.227. The monoisotopic (exact) mass is 396 g/mol. The van der Waals surface area contributed by atoms with E-state index in [0.29, 0.717) is 16.9 Å². The van der Waals surface area contributed by atoms with Crippen molar-refractivity contribution in [1.29, 1.82) is 0 Å². The number of allylic oxidation sites excluding steroid dienone is 1. The van der Waals surface area contributed by atoms with Crippen molar-refractivity contribution in [2.45, 2.75) is 27.2 Å². The topological polar surface area (TPSA) is 93.7 Å². The van der Waals surface area contributed by atoms with Gasteiger partial charge in [0.1, 0.15) is 5.75 Å². The third kappa shape index (κ3) is 7.14. The van der Waals surface area contributed by atoms with E-state index in [4.69, 9.17) is 9.47 Å². The van der Waals surface area contributed by atoms with Crippen LogP contribution in [0, 0.1) is 0 Å². The van der Waals surface area contributed by atoms with E-state index >= 15 is 0 Å². The van der Waals surface area contributed by atoms with Gasteiger partial charge in [-0.25, -0.2) is 4.79 Å². The van der Waals surface area contributed by atoms with Crippen LogP contribution in [0.3, 0.4) is 0 Å². The Labute approximate surface area is 169 Å². The van der Waals surface area contributed by atoms with E-state index < -0.39 is 6.16 Å². The van der Waals surface area contributed by atoms with Gasteiger partial charge in [-0.1, -0.05) is 18.6 Å². The number of amides is 2. The molecular formula is C22H24N2O5. The number of carbonyl (C=O) groups is 3. The molecule has 0 spiro atoms. The number of hydrogen-bond donors (Lipinski definition) is 2. The van der Waals surface area contributed by atoms with Crippen LogP contribution in [0.1, 0.15) is 37.6 Å². The Hall–Kier alpha value is -3.61. The smallest absolute Gasteiger partial charge is 0.434 e. The number of ether oxygens (including phenoxy) is 2. The van der Waals surface area contributed by atoms with E-state index in [2.05, 4.69) is 10.6 Å². The minimum atomic E-state index is -0.799. The van der Waals surface area contributed by atoms with Crippen molar-refractivity contribution >= 4 is 29.3 Å². The Morgan fingerprint density at radius 1 is 0.966 bits per heavy atom. The van der Waals surface area contributed by atoms with Crippen molar-refractivity contribution < 1.29 is 23.9 Å². The molecule has 7 heteroatoms. The third-order valence-electron chi connectivity index (χ3n) is 3.90. The van der Waals surface area contributed by atoms with Gasteiger partial charge in [0.2, 0.25) is 5.91 Å². The molecule has 0 heterocycles. The van der Waals surface area contributed by atoms with Crippen LogP contribution >= 0.6 is 0 Å². The number of nitrogens with one attached hydrogen (secondary N) is 2. The minimum absolute atomic E-state index is 0.216. The molecule has 29 heavy (non-hydrogen) atoms. The molecule has 0 atom stereocenters. The highest BCUT2D eigenvalue weighted by Crippen LogP contribution is 2.18. The summed E-state index contributed by atoms with van der Waals surface area (Å²) in [6, 6.07) is 12.9. The van der Waals surface area contributed by atoms with E-state index in [0.717, 1.165) is 12.0 Å². The Morgan fingerprint density at radius 2 is 1.62 bits per heavy atom. The zero-order chi connectivity index (χ0) is 21.2. The summed E-state index contributed by atoms with van der Waals surface area (Å²) in [5.41, 5.74) is 2.47. The van der Waals surface area contributed by atoms with Crippen molar-refractivity contribution in [3.8, 4) is 5.75 Å². The molecule has 2 aromatic carbocycles. The predicted octanol–water partition coefficient (Wildman–Crippen LogP) is 4.77. The highest BCUT2D eigenvalue weighted by Gasteiger charge is 2.09. The lowest BCUT2D eigenvalue weighted by Gasteiger charge is -2.09. The summed E-state index contributed by atoms with van der Waals surface area (Å²) >= 11 is 0. The molecule has 0 aliphatic carbocycles. The molecule has 0 fully saturated rings. The summed E-state index contributed by atoms with van der Waals surface area (Å²) in [4.78, 5) is 35.7. The van der Waals surface area contributed by atoms with Crippen LogP contribution in [0.15, 0.2) is 60.2 Å². The highest BCUT2D eigenvalue weighted by atomic mass is 16.7. The highest BCUT2D eigenvalue weighted by molar-refractivity contribution is 6.05. The van der Waals surface area contributed by atoms with E-state index in [1.807, 2.05) is 13.8 Å². The largest absolute Gasteiger partial charge is 0.513 e. The molecule has 7 nitrogen and oxygen atoms in total. The van der Waals surface area contributed by atoms with Gasteiger partial charge in [-0.15, -0.1) is 0 Å². The molecule has 0 radical (unpaired) electrons. The van der Waals surface area contributed by atoms with Crippen LogP contribution in [0.2, 0.25) is 0 Å². The number of rotatable bonds is 7. The van der Waals surface area contributed by atoms with E-state index in [-0.39, 0.29) is 24.2 Å². The Kier molecular flexibility index (Phi) is 7.97. The van der Waals surface area contributed by atoms with Crippen molar-refractivity contribution in [3.05, 3.63) is 65.7 Å². The first-order valence-corrected chi connectivity index (χ1v) is 9.25. The van der Waals surface area contributed by atoms with Gasteiger partial charge in [-0.3, -0.25) is 9.59 Å². The maximum atomic E-state index is 12.4. The maximum Gasteiger partial charge on any atom is 0.513 e. The van der Waals surface area contributed by atoms with Crippen LogP contribution in [0.5, 0.6) is 5.75 Å². The zero-order valence-electron chi connectivity index (χ0n) is 16.7. The fourth-order valence-electron chi connectivity index (χ4n) is 2.30. The molecule has 2 rings (SSSR count). The Balaban J connectivity index is 2.00. The quantitative estimate of drug-likeness (QED) is 0.399. The van der Waals surface area contributed by atoms with Crippen molar-refractivity contribution in [3.63, 3.8) is 0 Å². The Morgan fingerprint density at radius 3 is 2.24 bits per heavy atom. The molecule has 0 aromatic heterocycles. The van der Waals surface area contributed by atoms with Gasteiger partial charge in [-0.2, -0.15) is 0 Å². The molecule has 152 valence electrons. The molecular weight excluding hydrogens is 372 g/mol. The van der Waals surface area contributed by atoms with Crippen LogP contribution in [-0.2, 0) is 9.53 Å². The summed E-state index contributed by atoms with van der Waals surface area (Å²) in [6.07, 6.45) is 1.55. The summed E-state index contributed by atoms with van der Waals surface area (Å²) < 4.78 is 9.65. The molecule has 0 bridgehead atoms. The molecule has 0 unspecified atom stereocenters. The van der Waals surface area contributed by atoms with Gasteiger partial charge in [0, 0.05) is 23.0 Å². The van der Waals surface area contributed by atoms with Crippen molar-refractivity contribution in [2.75, 3.05) is 17.2 Å². The molecule has 0 saturated carbocycles. The number of benzene rings is 2. The van der Waals surface area contributed by atoms with Crippen LogP contribution in [0.25, 0.3) is 0 Å². The molecule has 0 saturated heterocycles. The molecule has 0 aliphatic rings. The van der Waals surface area contributed by atoms with Crippen molar-refractivity contribution in [1.82, 2.24) is 0 Å². The lowest BCUT2D eigenvalue weighted by Crippen LogP contribution is -2.13. The molecule has 0 aliphatic heterocycles. The van der Waals surface area contributed by atoms with E-state index in [1.54, 1.807) is 37.3 Å². The zero-order valence-corrected chi connectivity index (χ0v) is 16.7. The first kappa shape index (κ1) is 21.7. The normalized spacial score (nSPS) is 10.8. The second-order valence-corrected chi connectivity index (χ2v) is 6.18. The number of anilines is 2. The van der Waals surface area contributed by atoms with Crippen LogP contribution < -0.4 is 15.4 Å². The van der Waals surface area contributed by atoms with Crippen LogP contribution in [-0.4, -0.2) is 24.6 Å². The standard InChI is InChI=1S/C22H24N2O5/c1-4-15(3)13-20(25)23-17-7-6-8-18(14-17)24-21(26)16-9-11-19(12-10-16)29-22(27)28-5-2/h6-14H,4-5H2,1-3H3,(H,23,25)(H,24,26)/b15-13+. The molecule has 2 aromatic rings. The lowest BCUT2D eigenvalue weighted by atomic mass is 10.2. The van der Waals surface area contributed by atoms with E-state index in [9.17, 15) is 14.4 Å². The summed E-state index contributed by atoms with van der Waals surface area (Å²) in [6.45, 7) is 5.76. The minimum Gasteiger partial charge on any atom is -0.434 e. The third-order valence-corrected chi connectivity index (χ3v) is 3.90. The van der Waals surface area contributed by atoms with E-state index in [1.165, 1.54) is 24.3 Å². The average molecular weight is 396 g/mol. The van der Waals surface area contributed by atoms with Crippen molar-refractivity contribution in [2.24, 2.45) is 0 Å². The first-order valence-electron chi connectivity index (χ1n) is 9.25. The summed E-state index contributed by atoms with van der Waals surface area (Å²) in [7, 11) is 0. The van der Waals surface area contributed by atoms with Crippen LogP contribution in [0.4, 0.5) is 16.2 Å². The predicted molar refractivity (Wildman–Crippen MR) is 111 cm³/mol. The second-order valence-electron chi connectivity index (χ2n) is 6.18. The summed E-state index contributed by atoms with van der Waals surface area (Å²) in [5.74, 6) is -0.275. The molecule has 2 N–H and O–H groups in total. The van der Waals surface area contributed by atoms with Gasteiger partial charge in [0.05, 0.1) is 6.61 Å². The SMILES string of the molecule is CCOC(=O)Oc1ccc(C(=O)Nc2cccc(NC(=O)/C=C(\C)CC)c2)cc1. The lowest BCUT2D eigenvalue weighted by molar-refractivity contribution is -0.112. The maximum absolute atomic E-state index is 12.4.